The smallest absolute Gasteiger partial charge is 0.0510 e. The van der Waals surface area contributed by atoms with Crippen molar-refractivity contribution in [2.75, 3.05) is 31.3 Å². The first-order valence-electron chi connectivity index (χ1n) is 6.63. The van der Waals surface area contributed by atoms with Crippen LogP contribution < -0.4 is 5.32 Å². The van der Waals surface area contributed by atoms with Crippen LogP contribution in [0.25, 0.3) is 0 Å². The molecule has 1 N–H and O–H groups in total. The summed E-state index contributed by atoms with van der Waals surface area (Å²) in [6, 6.07) is 0.659. The van der Waals surface area contributed by atoms with Crippen LogP contribution in [0.2, 0.25) is 0 Å². The summed E-state index contributed by atoms with van der Waals surface area (Å²) in [5.74, 6) is 4.06. The van der Waals surface area contributed by atoms with Crippen LogP contribution in [0.15, 0.2) is 0 Å². The van der Waals surface area contributed by atoms with Crippen molar-refractivity contribution in [3.8, 4) is 0 Å². The Balaban J connectivity index is 2.25. The van der Waals surface area contributed by atoms with E-state index in [4.69, 9.17) is 4.74 Å². The van der Waals surface area contributed by atoms with E-state index in [9.17, 15) is 0 Å². The molecular weight excluding hydrogens is 218 g/mol. The average molecular weight is 245 g/mol. The van der Waals surface area contributed by atoms with Crippen LogP contribution >= 0.6 is 11.8 Å². The zero-order valence-corrected chi connectivity index (χ0v) is 11.8. The third-order valence-electron chi connectivity index (χ3n) is 2.94. The fourth-order valence-corrected chi connectivity index (χ4v) is 3.24. The standard InChI is InChI=1S/C13H27NOS/c1-4-6-14-13(10-16-9-11(2)3)12-5-7-15-8-12/h11-14H,4-10H2,1-3H3. The first-order valence-corrected chi connectivity index (χ1v) is 7.78. The van der Waals surface area contributed by atoms with Gasteiger partial charge in [0, 0.05) is 24.3 Å². The largest absolute Gasteiger partial charge is 0.381 e. The van der Waals surface area contributed by atoms with E-state index in [2.05, 4.69) is 37.8 Å². The lowest BCUT2D eigenvalue weighted by molar-refractivity contribution is 0.179. The summed E-state index contributed by atoms with van der Waals surface area (Å²) in [5.41, 5.74) is 0. The maximum absolute atomic E-state index is 5.50. The molecule has 1 rings (SSSR count). The van der Waals surface area contributed by atoms with E-state index >= 15 is 0 Å². The maximum Gasteiger partial charge on any atom is 0.0510 e. The monoisotopic (exact) mass is 245 g/mol. The van der Waals surface area contributed by atoms with Gasteiger partial charge in [-0.2, -0.15) is 11.8 Å². The van der Waals surface area contributed by atoms with Gasteiger partial charge in [0.05, 0.1) is 6.61 Å². The molecule has 1 aliphatic rings. The Morgan fingerprint density at radius 2 is 2.19 bits per heavy atom. The van der Waals surface area contributed by atoms with Crippen LogP contribution in [0.3, 0.4) is 0 Å². The minimum atomic E-state index is 0.659. The molecule has 1 fully saturated rings. The Morgan fingerprint density at radius 1 is 1.38 bits per heavy atom. The molecule has 1 saturated heterocycles. The molecule has 1 heterocycles. The second-order valence-corrected chi connectivity index (χ2v) is 6.19. The Labute approximate surface area is 105 Å². The van der Waals surface area contributed by atoms with Crippen molar-refractivity contribution in [2.45, 2.75) is 39.7 Å². The highest BCUT2D eigenvalue weighted by Crippen LogP contribution is 2.21. The maximum atomic E-state index is 5.50. The molecule has 16 heavy (non-hydrogen) atoms. The molecule has 3 heteroatoms. The van der Waals surface area contributed by atoms with Crippen molar-refractivity contribution < 1.29 is 4.74 Å². The quantitative estimate of drug-likeness (QED) is 0.710. The van der Waals surface area contributed by atoms with Gasteiger partial charge in [-0.1, -0.05) is 20.8 Å². The lowest BCUT2D eigenvalue weighted by atomic mass is 10.0. The molecule has 0 spiro atoms. The number of rotatable bonds is 8. The van der Waals surface area contributed by atoms with E-state index in [-0.39, 0.29) is 0 Å². The molecule has 96 valence electrons. The van der Waals surface area contributed by atoms with Gasteiger partial charge in [-0.25, -0.2) is 0 Å². The lowest BCUT2D eigenvalue weighted by Crippen LogP contribution is -2.39. The van der Waals surface area contributed by atoms with E-state index in [1.54, 1.807) is 0 Å². The van der Waals surface area contributed by atoms with Gasteiger partial charge in [-0.3, -0.25) is 0 Å². The summed E-state index contributed by atoms with van der Waals surface area (Å²) in [6.45, 7) is 9.88. The van der Waals surface area contributed by atoms with Gasteiger partial charge >= 0.3 is 0 Å². The predicted octanol–water partition coefficient (Wildman–Crippen LogP) is 2.78. The number of hydrogen-bond donors (Lipinski definition) is 1. The van der Waals surface area contributed by atoms with Gasteiger partial charge in [-0.05, 0) is 31.1 Å². The van der Waals surface area contributed by atoms with Crippen molar-refractivity contribution in [1.29, 1.82) is 0 Å². The van der Waals surface area contributed by atoms with Gasteiger partial charge in [-0.15, -0.1) is 0 Å². The zero-order valence-electron chi connectivity index (χ0n) is 11.0. The molecule has 0 aromatic rings. The average Bonchev–Trinajstić information content (AvgIpc) is 2.75. The SMILES string of the molecule is CCCNC(CSCC(C)C)C1CCOC1. The Kier molecular flexibility index (Phi) is 7.50. The fourth-order valence-electron chi connectivity index (χ4n) is 1.99. The summed E-state index contributed by atoms with van der Waals surface area (Å²) >= 11 is 2.09. The third-order valence-corrected chi connectivity index (χ3v) is 4.44. The predicted molar refractivity (Wildman–Crippen MR) is 73.2 cm³/mol. The number of hydrogen-bond acceptors (Lipinski definition) is 3. The summed E-state index contributed by atoms with van der Waals surface area (Å²) in [7, 11) is 0. The number of thioether (sulfide) groups is 1. The van der Waals surface area contributed by atoms with E-state index < -0.39 is 0 Å². The molecule has 0 aliphatic carbocycles. The summed E-state index contributed by atoms with van der Waals surface area (Å²) in [6.07, 6.45) is 2.46. The summed E-state index contributed by atoms with van der Waals surface area (Å²) in [5, 5.41) is 3.68. The highest BCUT2D eigenvalue weighted by molar-refractivity contribution is 7.99. The Morgan fingerprint density at radius 3 is 2.75 bits per heavy atom. The third kappa shape index (κ3) is 5.55. The van der Waals surface area contributed by atoms with Crippen LogP contribution in [-0.2, 0) is 4.74 Å². The minimum absolute atomic E-state index is 0.659. The second kappa shape index (κ2) is 8.37. The molecule has 2 unspecified atom stereocenters. The normalized spacial score (nSPS) is 22.9. The molecule has 0 aromatic carbocycles. The van der Waals surface area contributed by atoms with Crippen LogP contribution in [0.4, 0.5) is 0 Å². The van der Waals surface area contributed by atoms with Crippen molar-refractivity contribution >= 4 is 11.8 Å². The fraction of sp³-hybridized carbons (Fsp3) is 1.00. The molecule has 0 radical (unpaired) electrons. The van der Waals surface area contributed by atoms with Crippen molar-refractivity contribution in [1.82, 2.24) is 5.32 Å². The van der Waals surface area contributed by atoms with Crippen molar-refractivity contribution in [2.24, 2.45) is 11.8 Å². The van der Waals surface area contributed by atoms with Gasteiger partial charge in [0.1, 0.15) is 0 Å². The lowest BCUT2D eigenvalue weighted by Gasteiger charge is -2.23. The molecule has 1 aliphatic heterocycles. The number of nitrogens with one attached hydrogen (secondary N) is 1. The van der Waals surface area contributed by atoms with Crippen LogP contribution in [-0.4, -0.2) is 37.3 Å². The Bertz CT molecular complexity index is 169. The topological polar surface area (TPSA) is 21.3 Å². The Hall–Kier alpha value is 0.270. The van der Waals surface area contributed by atoms with Gasteiger partial charge < -0.3 is 10.1 Å². The van der Waals surface area contributed by atoms with Crippen molar-refractivity contribution in [3.05, 3.63) is 0 Å². The second-order valence-electron chi connectivity index (χ2n) is 5.12. The van der Waals surface area contributed by atoms with E-state index in [1.807, 2.05) is 0 Å². The molecule has 2 atom stereocenters. The van der Waals surface area contributed by atoms with E-state index in [0.29, 0.717) is 6.04 Å². The van der Waals surface area contributed by atoms with E-state index in [1.165, 1.54) is 24.3 Å². The van der Waals surface area contributed by atoms with Crippen LogP contribution in [0.1, 0.15) is 33.6 Å². The van der Waals surface area contributed by atoms with Gasteiger partial charge in [0.2, 0.25) is 0 Å². The van der Waals surface area contributed by atoms with E-state index in [0.717, 1.165) is 31.6 Å². The molecule has 2 nitrogen and oxygen atoms in total. The first kappa shape index (κ1) is 14.3. The molecular formula is C13H27NOS. The van der Waals surface area contributed by atoms with Gasteiger partial charge in [0.25, 0.3) is 0 Å². The summed E-state index contributed by atoms with van der Waals surface area (Å²) < 4.78 is 5.50. The van der Waals surface area contributed by atoms with Crippen molar-refractivity contribution in [3.63, 3.8) is 0 Å². The zero-order chi connectivity index (χ0) is 11.8. The van der Waals surface area contributed by atoms with Gasteiger partial charge in [0.15, 0.2) is 0 Å². The first-order chi connectivity index (χ1) is 7.74. The molecule has 0 aromatic heterocycles. The highest BCUT2D eigenvalue weighted by atomic mass is 32.2. The van der Waals surface area contributed by atoms with Crippen LogP contribution in [0, 0.1) is 11.8 Å². The molecule has 0 bridgehead atoms. The molecule has 0 amide bonds. The number of ether oxygens (including phenoxy) is 1. The molecule has 0 saturated carbocycles. The van der Waals surface area contributed by atoms with Crippen LogP contribution in [0.5, 0.6) is 0 Å². The minimum Gasteiger partial charge on any atom is -0.381 e. The summed E-state index contributed by atoms with van der Waals surface area (Å²) in [4.78, 5) is 0. The highest BCUT2D eigenvalue weighted by Gasteiger charge is 2.24.